The molecule has 1 rings (SSSR count). The molecule has 1 amide bonds. The van der Waals surface area contributed by atoms with Gasteiger partial charge in [0, 0.05) is 19.5 Å². The number of amides is 1. The van der Waals surface area contributed by atoms with Gasteiger partial charge in [0.15, 0.2) is 0 Å². The summed E-state index contributed by atoms with van der Waals surface area (Å²) in [5.41, 5.74) is 1.75. The summed E-state index contributed by atoms with van der Waals surface area (Å²) >= 11 is 0. The van der Waals surface area contributed by atoms with Gasteiger partial charge in [0.2, 0.25) is 15.9 Å². The molecular formula is C11H22N2O5S. The number of morpholine rings is 1. The van der Waals surface area contributed by atoms with Gasteiger partial charge in [-0.05, 0) is 20.8 Å². The molecular weight excluding hydrogens is 272 g/mol. The largest absolute Gasteiger partial charge is 0.379 e. The highest BCUT2D eigenvalue weighted by atomic mass is 32.2. The lowest BCUT2D eigenvalue weighted by atomic mass is 10.2. The van der Waals surface area contributed by atoms with Crippen LogP contribution in [0.25, 0.3) is 0 Å². The van der Waals surface area contributed by atoms with Crippen molar-refractivity contribution in [3.8, 4) is 0 Å². The van der Waals surface area contributed by atoms with Gasteiger partial charge in [0.1, 0.15) is 0 Å². The fraction of sp³-hybridized carbons (Fsp3) is 0.909. The third-order valence-electron chi connectivity index (χ3n) is 2.42. The molecule has 1 aliphatic heterocycles. The van der Waals surface area contributed by atoms with Gasteiger partial charge in [0.25, 0.3) is 0 Å². The van der Waals surface area contributed by atoms with E-state index in [1.54, 1.807) is 20.8 Å². The minimum Gasteiger partial charge on any atom is -0.379 e. The molecule has 0 saturated carbocycles. The first-order valence-corrected chi connectivity index (χ1v) is 7.84. The molecule has 0 radical (unpaired) electrons. The number of sulfonamides is 1. The van der Waals surface area contributed by atoms with Gasteiger partial charge in [-0.25, -0.2) is 13.9 Å². The van der Waals surface area contributed by atoms with Gasteiger partial charge in [0.05, 0.1) is 24.6 Å². The van der Waals surface area contributed by atoms with Gasteiger partial charge in [-0.2, -0.15) is 4.31 Å². The molecule has 8 heteroatoms. The van der Waals surface area contributed by atoms with Crippen molar-refractivity contribution in [2.24, 2.45) is 0 Å². The maximum atomic E-state index is 11.9. The smallest absolute Gasteiger partial charge is 0.244 e. The Morgan fingerprint density at radius 1 is 1.32 bits per heavy atom. The number of carbonyl (C=O) groups is 1. The van der Waals surface area contributed by atoms with Gasteiger partial charge < -0.3 is 4.74 Å². The van der Waals surface area contributed by atoms with Crippen LogP contribution in [0.3, 0.4) is 0 Å². The SMILES string of the molecule is CC(C)(C)ONC(=O)CCS(=O)(=O)N1CCOCC1. The normalized spacial score (nSPS) is 18.3. The summed E-state index contributed by atoms with van der Waals surface area (Å²) in [6, 6.07) is 0. The molecule has 0 spiro atoms. The van der Waals surface area contributed by atoms with Crippen molar-refractivity contribution in [3.63, 3.8) is 0 Å². The molecule has 7 nitrogen and oxygen atoms in total. The molecule has 19 heavy (non-hydrogen) atoms. The molecule has 1 fully saturated rings. The standard InChI is InChI=1S/C11H22N2O5S/c1-11(2,3)18-12-10(14)4-9-19(15,16)13-5-7-17-8-6-13/h4-9H2,1-3H3,(H,12,14). The van der Waals surface area contributed by atoms with E-state index in [2.05, 4.69) is 5.48 Å². The van der Waals surface area contributed by atoms with Crippen LogP contribution in [0.1, 0.15) is 27.2 Å². The summed E-state index contributed by atoms with van der Waals surface area (Å²) in [5, 5.41) is 0. The summed E-state index contributed by atoms with van der Waals surface area (Å²) in [7, 11) is -3.40. The first kappa shape index (κ1) is 16.4. The monoisotopic (exact) mass is 294 g/mol. The Bertz CT molecular complexity index is 396. The molecule has 1 saturated heterocycles. The minimum absolute atomic E-state index is 0.115. The Hall–Kier alpha value is -0.700. The van der Waals surface area contributed by atoms with Crippen LogP contribution in [0.15, 0.2) is 0 Å². The second-order valence-corrected chi connectivity index (χ2v) is 7.41. The summed E-state index contributed by atoms with van der Waals surface area (Å²) in [6.45, 7) is 6.87. The molecule has 0 aromatic rings. The molecule has 1 aliphatic rings. The lowest BCUT2D eigenvalue weighted by Gasteiger charge is -2.26. The van der Waals surface area contributed by atoms with Crippen molar-refractivity contribution < 1.29 is 22.8 Å². The molecule has 112 valence electrons. The van der Waals surface area contributed by atoms with Crippen LogP contribution in [0.4, 0.5) is 0 Å². The van der Waals surface area contributed by atoms with E-state index >= 15 is 0 Å². The Kier molecular flexibility index (Phi) is 5.72. The van der Waals surface area contributed by atoms with Crippen molar-refractivity contribution in [1.29, 1.82) is 0 Å². The highest BCUT2D eigenvalue weighted by Gasteiger charge is 2.25. The second kappa shape index (κ2) is 6.65. The van der Waals surface area contributed by atoms with Crippen LogP contribution in [0.2, 0.25) is 0 Å². The third kappa shape index (κ3) is 6.33. The zero-order valence-corrected chi connectivity index (χ0v) is 12.5. The van der Waals surface area contributed by atoms with Gasteiger partial charge in [-0.3, -0.25) is 9.63 Å². The number of hydrogen-bond acceptors (Lipinski definition) is 5. The van der Waals surface area contributed by atoms with Crippen molar-refractivity contribution in [2.75, 3.05) is 32.1 Å². The lowest BCUT2D eigenvalue weighted by Crippen LogP contribution is -2.42. The number of hydrogen-bond donors (Lipinski definition) is 1. The number of nitrogens with zero attached hydrogens (tertiary/aromatic N) is 1. The molecule has 0 aliphatic carbocycles. The number of hydroxylamine groups is 1. The van der Waals surface area contributed by atoms with E-state index < -0.39 is 21.5 Å². The highest BCUT2D eigenvalue weighted by Crippen LogP contribution is 2.07. The number of carbonyl (C=O) groups excluding carboxylic acids is 1. The number of ether oxygens (including phenoxy) is 1. The van der Waals surface area contributed by atoms with Crippen LogP contribution < -0.4 is 5.48 Å². The van der Waals surface area contributed by atoms with Crippen LogP contribution in [-0.2, 0) is 24.4 Å². The van der Waals surface area contributed by atoms with Crippen LogP contribution in [0.5, 0.6) is 0 Å². The molecule has 1 heterocycles. The zero-order valence-electron chi connectivity index (χ0n) is 11.6. The topological polar surface area (TPSA) is 84.9 Å². The third-order valence-corrected chi connectivity index (χ3v) is 4.29. The zero-order chi connectivity index (χ0) is 14.5. The summed E-state index contributed by atoms with van der Waals surface area (Å²) in [4.78, 5) is 16.5. The van der Waals surface area contributed by atoms with Gasteiger partial charge in [-0.1, -0.05) is 0 Å². The molecule has 0 unspecified atom stereocenters. The quantitative estimate of drug-likeness (QED) is 0.715. The highest BCUT2D eigenvalue weighted by molar-refractivity contribution is 7.89. The minimum atomic E-state index is -3.40. The Morgan fingerprint density at radius 2 is 1.89 bits per heavy atom. The lowest BCUT2D eigenvalue weighted by molar-refractivity contribution is -0.145. The van der Waals surface area contributed by atoms with E-state index in [1.807, 2.05) is 0 Å². The van der Waals surface area contributed by atoms with Crippen molar-refractivity contribution in [1.82, 2.24) is 9.79 Å². The molecule has 1 N–H and O–H groups in total. The Balaban J connectivity index is 2.36. The molecule has 0 bridgehead atoms. The van der Waals surface area contributed by atoms with Crippen LogP contribution in [-0.4, -0.2) is 56.3 Å². The Labute approximate surface area is 114 Å². The van der Waals surface area contributed by atoms with E-state index in [-0.39, 0.29) is 12.2 Å². The second-order valence-electron chi connectivity index (χ2n) is 5.32. The predicted octanol–water partition coefficient (Wildman–Crippen LogP) is -0.115. The van der Waals surface area contributed by atoms with E-state index in [0.717, 1.165) is 0 Å². The fourth-order valence-corrected chi connectivity index (χ4v) is 2.84. The van der Waals surface area contributed by atoms with Crippen molar-refractivity contribution in [3.05, 3.63) is 0 Å². The summed E-state index contributed by atoms with van der Waals surface area (Å²) in [5.74, 6) is -0.654. The predicted molar refractivity (Wildman–Crippen MR) is 69.8 cm³/mol. The molecule has 0 aromatic heterocycles. The van der Waals surface area contributed by atoms with Crippen LogP contribution in [0, 0.1) is 0 Å². The maximum absolute atomic E-state index is 11.9. The van der Waals surface area contributed by atoms with Gasteiger partial charge in [-0.15, -0.1) is 0 Å². The number of rotatable bonds is 5. The van der Waals surface area contributed by atoms with E-state index in [9.17, 15) is 13.2 Å². The maximum Gasteiger partial charge on any atom is 0.244 e. The first-order valence-electron chi connectivity index (χ1n) is 6.23. The van der Waals surface area contributed by atoms with E-state index in [4.69, 9.17) is 9.57 Å². The van der Waals surface area contributed by atoms with Gasteiger partial charge >= 0.3 is 0 Å². The average molecular weight is 294 g/mol. The first-order chi connectivity index (χ1) is 8.71. The summed E-state index contributed by atoms with van der Waals surface area (Å²) in [6.07, 6.45) is -0.115. The van der Waals surface area contributed by atoms with Crippen molar-refractivity contribution >= 4 is 15.9 Å². The Morgan fingerprint density at radius 3 is 2.42 bits per heavy atom. The average Bonchev–Trinajstić information content (AvgIpc) is 2.34. The number of nitrogens with one attached hydrogen (secondary N) is 1. The van der Waals surface area contributed by atoms with Crippen LogP contribution >= 0.6 is 0 Å². The summed E-state index contributed by atoms with van der Waals surface area (Å²) < 4.78 is 30.3. The molecule has 0 atom stereocenters. The molecule has 0 aromatic carbocycles. The van der Waals surface area contributed by atoms with Crippen molar-refractivity contribution in [2.45, 2.75) is 32.8 Å². The fourth-order valence-electron chi connectivity index (χ4n) is 1.44. The van der Waals surface area contributed by atoms with E-state index in [1.165, 1.54) is 4.31 Å². The van der Waals surface area contributed by atoms with E-state index in [0.29, 0.717) is 26.3 Å².